The number of ether oxygens (including phenoxy) is 1. The highest BCUT2D eigenvalue weighted by Gasteiger charge is 2.13. The minimum atomic E-state index is -0.486. The summed E-state index contributed by atoms with van der Waals surface area (Å²) in [6.45, 7) is 6.11. The molecule has 0 spiro atoms. The number of nitrogens with zero attached hydrogens (tertiary/aromatic N) is 2. The molecule has 134 valence electrons. The second-order valence-corrected chi connectivity index (χ2v) is 6.29. The van der Waals surface area contributed by atoms with Gasteiger partial charge in [0.15, 0.2) is 6.29 Å². The number of methoxy groups -OCH3 is 1. The minimum absolute atomic E-state index is 0.290. The largest absolute Gasteiger partial charge is 0.354 e. The van der Waals surface area contributed by atoms with E-state index in [1.165, 1.54) is 37.7 Å². The van der Waals surface area contributed by atoms with Gasteiger partial charge in [0.05, 0.1) is 15.4 Å². The molecule has 0 saturated heterocycles. The van der Waals surface area contributed by atoms with Crippen molar-refractivity contribution in [2.24, 2.45) is 7.05 Å². The van der Waals surface area contributed by atoms with Crippen molar-refractivity contribution in [3.8, 4) is 10.6 Å². The number of hydrogen-bond acceptors (Lipinski definition) is 5. The summed E-state index contributed by atoms with van der Waals surface area (Å²) < 4.78 is 6.63. The number of nitrogens with one attached hydrogen (secondary N) is 1. The Balaban J connectivity index is 0.000000505. The lowest BCUT2D eigenvalue weighted by molar-refractivity contribution is -0.142. The van der Waals surface area contributed by atoms with Crippen molar-refractivity contribution in [1.29, 1.82) is 0 Å². The SMILES string of the molecule is CCCCC.COC(C)ONC(=O)c1ccc(-c2ccnn2C)s1. The van der Waals surface area contributed by atoms with Crippen molar-refractivity contribution in [1.82, 2.24) is 15.3 Å². The summed E-state index contributed by atoms with van der Waals surface area (Å²) >= 11 is 1.38. The third kappa shape index (κ3) is 6.43. The zero-order valence-electron chi connectivity index (χ0n) is 15.0. The second kappa shape index (κ2) is 11.0. The van der Waals surface area contributed by atoms with Crippen LogP contribution in [0.1, 0.15) is 49.7 Å². The quantitative estimate of drug-likeness (QED) is 0.603. The summed E-state index contributed by atoms with van der Waals surface area (Å²) in [5, 5.41) is 4.10. The van der Waals surface area contributed by atoms with E-state index in [0.717, 1.165) is 10.6 Å². The smallest absolute Gasteiger partial charge is 0.285 e. The fourth-order valence-corrected chi connectivity index (χ4v) is 2.75. The first-order valence-electron chi connectivity index (χ1n) is 8.10. The summed E-state index contributed by atoms with van der Waals surface area (Å²) in [6, 6.07) is 5.54. The first-order valence-corrected chi connectivity index (χ1v) is 8.92. The van der Waals surface area contributed by atoms with Gasteiger partial charge in [-0.25, -0.2) is 10.3 Å². The van der Waals surface area contributed by atoms with Crippen molar-refractivity contribution in [3.05, 3.63) is 29.3 Å². The van der Waals surface area contributed by atoms with E-state index >= 15 is 0 Å². The molecule has 0 bridgehead atoms. The van der Waals surface area contributed by atoms with Crippen LogP contribution >= 0.6 is 11.3 Å². The number of carbonyl (C=O) groups excluding carboxylic acids is 1. The molecule has 1 atom stereocenters. The number of aryl methyl sites for hydroxylation is 1. The monoisotopic (exact) mass is 353 g/mol. The third-order valence-electron chi connectivity index (χ3n) is 3.26. The van der Waals surface area contributed by atoms with Crippen molar-refractivity contribution < 1.29 is 14.4 Å². The van der Waals surface area contributed by atoms with Crippen LogP contribution in [0.4, 0.5) is 0 Å². The fourth-order valence-electron chi connectivity index (χ4n) is 1.80. The third-order valence-corrected chi connectivity index (χ3v) is 4.37. The maximum atomic E-state index is 11.8. The lowest BCUT2D eigenvalue weighted by Gasteiger charge is -2.10. The Hall–Kier alpha value is -1.70. The van der Waals surface area contributed by atoms with Gasteiger partial charge in [0.25, 0.3) is 5.91 Å². The topological polar surface area (TPSA) is 65.4 Å². The molecule has 0 aromatic carbocycles. The first kappa shape index (κ1) is 20.3. The average molecular weight is 353 g/mol. The van der Waals surface area contributed by atoms with Crippen LogP contribution in [0.5, 0.6) is 0 Å². The van der Waals surface area contributed by atoms with Gasteiger partial charge >= 0.3 is 0 Å². The molecule has 7 heteroatoms. The van der Waals surface area contributed by atoms with Gasteiger partial charge in [-0.2, -0.15) is 5.10 Å². The number of amides is 1. The number of rotatable bonds is 7. The first-order chi connectivity index (χ1) is 11.5. The van der Waals surface area contributed by atoms with E-state index in [1.54, 1.807) is 23.9 Å². The van der Waals surface area contributed by atoms with Crippen molar-refractivity contribution >= 4 is 17.2 Å². The summed E-state index contributed by atoms with van der Waals surface area (Å²) in [5.74, 6) is -0.290. The minimum Gasteiger partial charge on any atom is -0.354 e. The zero-order chi connectivity index (χ0) is 17.9. The van der Waals surface area contributed by atoms with Gasteiger partial charge in [0.1, 0.15) is 0 Å². The molecule has 2 aromatic rings. The molecule has 1 unspecified atom stereocenters. The highest BCUT2D eigenvalue weighted by Crippen LogP contribution is 2.27. The van der Waals surface area contributed by atoms with Gasteiger partial charge in [-0.15, -0.1) is 11.3 Å². The van der Waals surface area contributed by atoms with Crippen LogP contribution in [0.2, 0.25) is 0 Å². The van der Waals surface area contributed by atoms with Crippen LogP contribution in [0.3, 0.4) is 0 Å². The van der Waals surface area contributed by atoms with Crippen LogP contribution in [0.25, 0.3) is 10.6 Å². The molecular weight excluding hydrogens is 326 g/mol. The van der Waals surface area contributed by atoms with Gasteiger partial charge < -0.3 is 4.74 Å². The normalized spacial score (nSPS) is 11.5. The molecule has 2 aromatic heterocycles. The lowest BCUT2D eigenvalue weighted by Crippen LogP contribution is -2.28. The molecule has 0 aliphatic carbocycles. The summed E-state index contributed by atoms with van der Waals surface area (Å²) in [5.41, 5.74) is 3.31. The molecule has 0 aliphatic heterocycles. The Labute approximate surface area is 147 Å². The van der Waals surface area contributed by atoms with Crippen molar-refractivity contribution in [3.63, 3.8) is 0 Å². The summed E-state index contributed by atoms with van der Waals surface area (Å²) in [4.78, 5) is 18.4. The molecule has 6 nitrogen and oxygen atoms in total. The molecule has 2 heterocycles. The van der Waals surface area contributed by atoms with Crippen LogP contribution in [-0.2, 0) is 16.6 Å². The second-order valence-electron chi connectivity index (χ2n) is 5.21. The number of thiophene rings is 1. The van der Waals surface area contributed by atoms with E-state index in [4.69, 9.17) is 9.57 Å². The van der Waals surface area contributed by atoms with Gasteiger partial charge in [-0.3, -0.25) is 9.48 Å². The Morgan fingerprint density at radius 2 is 2.04 bits per heavy atom. The average Bonchev–Trinajstić information content (AvgIpc) is 3.22. The molecule has 0 radical (unpaired) electrons. The number of aromatic nitrogens is 2. The molecular formula is C17H27N3O3S. The molecule has 0 fully saturated rings. The Morgan fingerprint density at radius 3 is 2.54 bits per heavy atom. The molecule has 1 amide bonds. The van der Waals surface area contributed by atoms with E-state index in [9.17, 15) is 4.79 Å². The molecule has 0 aliphatic rings. The maximum Gasteiger partial charge on any atom is 0.285 e. The standard InChI is InChI=1S/C12H15N3O3S.C5H12/c1-8(17-3)18-14-12(16)11-5-4-10(19-11)9-6-7-13-15(9)2;1-3-5-4-2/h4-8H,1-3H3,(H,14,16);3-5H2,1-2H3. The Bertz CT molecular complexity index is 608. The Morgan fingerprint density at radius 1 is 1.33 bits per heavy atom. The lowest BCUT2D eigenvalue weighted by atomic mass is 10.3. The van der Waals surface area contributed by atoms with Crippen LogP contribution in [0.15, 0.2) is 24.4 Å². The van der Waals surface area contributed by atoms with Gasteiger partial charge in [-0.1, -0.05) is 33.1 Å². The predicted molar refractivity (Wildman–Crippen MR) is 96.7 cm³/mol. The van der Waals surface area contributed by atoms with E-state index in [0.29, 0.717) is 4.88 Å². The van der Waals surface area contributed by atoms with E-state index in [-0.39, 0.29) is 5.91 Å². The van der Waals surface area contributed by atoms with Crippen LogP contribution < -0.4 is 5.48 Å². The van der Waals surface area contributed by atoms with Gasteiger partial charge in [0.2, 0.25) is 0 Å². The van der Waals surface area contributed by atoms with E-state index < -0.39 is 6.29 Å². The predicted octanol–water partition coefficient (Wildman–Crippen LogP) is 4.00. The highest BCUT2D eigenvalue weighted by atomic mass is 32.1. The number of unbranched alkanes of at least 4 members (excludes halogenated alkanes) is 2. The maximum absolute atomic E-state index is 11.8. The Kier molecular flexibility index (Phi) is 9.29. The van der Waals surface area contributed by atoms with Crippen molar-refractivity contribution in [2.45, 2.75) is 46.3 Å². The van der Waals surface area contributed by atoms with Crippen molar-refractivity contribution in [2.75, 3.05) is 7.11 Å². The molecule has 1 N–H and O–H groups in total. The highest BCUT2D eigenvalue weighted by molar-refractivity contribution is 7.17. The zero-order valence-corrected chi connectivity index (χ0v) is 15.9. The van der Waals surface area contributed by atoms with E-state index in [1.807, 2.05) is 19.2 Å². The molecule has 0 saturated carbocycles. The van der Waals surface area contributed by atoms with E-state index in [2.05, 4.69) is 24.4 Å². The number of hydroxylamine groups is 1. The van der Waals surface area contributed by atoms with Crippen LogP contribution in [-0.4, -0.2) is 29.1 Å². The molecule has 24 heavy (non-hydrogen) atoms. The van der Waals surface area contributed by atoms with Gasteiger partial charge in [-0.05, 0) is 25.1 Å². The summed E-state index contributed by atoms with van der Waals surface area (Å²) in [7, 11) is 3.36. The van der Waals surface area contributed by atoms with Gasteiger partial charge in [0, 0.05) is 20.4 Å². The number of carbonyl (C=O) groups is 1. The fraction of sp³-hybridized carbons (Fsp3) is 0.529. The molecule has 2 rings (SSSR count). The van der Waals surface area contributed by atoms with Crippen LogP contribution in [0, 0.1) is 0 Å². The summed E-state index contributed by atoms with van der Waals surface area (Å²) in [6.07, 6.45) is 5.31. The number of hydrogen-bond donors (Lipinski definition) is 1.